The molecule has 0 saturated heterocycles. The number of hydrogen-bond acceptors (Lipinski definition) is 5. The number of benzene rings is 2. The monoisotopic (exact) mass is 306 g/mol. The minimum Gasteiger partial charge on any atom is -0.465 e. The number of carbonyl (C=O) groups is 1. The SMILES string of the molecule is COC(=O)c1ccc(OP(=O)(OC)c2ccccc2)cc1. The van der Waals surface area contributed by atoms with E-state index in [1.807, 2.05) is 6.07 Å². The maximum absolute atomic E-state index is 12.7. The Labute approximate surface area is 123 Å². The molecule has 0 radical (unpaired) electrons. The van der Waals surface area contributed by atoms with E-state index in [2.05, 4.69) is 4.74 Å². The Morgan fingerprint density at radius 2 is 1.57 bits per heavy atom. The maximum atomic E-state index is 12.7. The fourth-order valence-electron chi connectivity index (χ4n) is 1.71. The minimum atomic E-state index is -3.44. The summed E-state index contributed by atoms with van der Waals surface area (Å²) in [5.41, 5.74) is 0.386. The van der Waals surface area contributed by atoms with E-state index in [-0.39, 0.29) is 0 Å². The highest BCUT2D eigenvalue weighted by molar-refractivity contribution is 7.62. The highest BCUT2D eigenvalue weighted by atomic mass is 31.2. The molecule has 0 fully saturated rings. The Bertz CT molecular complexity index is 652. The van der Waals surface area contributed by atoms with Crippen LogP contribution in [0.1, 0.15) is 10.4 Å². The predicted octanol–water partition coefficient (Wildman–Crippen LogP) is 3.02. The van der Waals surface area contributed by atoms with Crippen LogP contribution < -0.4 is 9.83 Å². The van der Waals surface area contributed by atoms with Crippen molar-refractivity contribution in [3.63, 3.8) is 0 Å². The predicted molar refractivity (Wildman–Crippen MR) is 79.1 cm³/mol. The van der Waals surface area contributed by atoms with Gasteiger partial charge in [0.2, 0.25) is 0 Å². The topological polar surface area (TPSA) is 61.8 Å². The Hall–Kier alpha value is -2.10. The van der Waals surface area contributed by atoms with Crippen molar-refractivity contribution in [3.05, 3.63) is 60.2 Å². The van der Waals surface area contributed by atoms with Crippen LogP contribution in [0.2, 0.25) is 0 Å². The zero-order valence-corrected chi connectivity index (χ0v) is 12.6. The average molecular weight is 306 g/mol. The molecule has 0 heterocycles. The van der Waals surface area contributed by atoms with Gasteiger partial charge in [-0.1, -0.05) is 18.2 Å². The van der Waals surface area contributed by atoms with Gasteiger partial charge in [0.05, 0.1) is 18.0 Å². The molecule has 0 spiro atoms. The van der Waals surface area contributed by atoms with Crippen molar-refractivity contribution in [2.75, 3.05) is 14.2 Å². The fraction of sp³-hybridized carbons (Fsp3) is 0.133. The van der Waals surface area contributed by atoms with Crippen LogP contribution in [-0.4, -0.2) is 20.2 Å². The molecule has 2 aromatic carbocycles. The van der Waals surface area contributed by atoms with Crippen molar-refractivity contribution in [2.45, 2.75) is 0 Å². The molecule has 2 rings (SSSR count). The van der Waals surface area contributed by atoms with E-state index in [1.165, 1.54) is 26.4 Å². The third-order valence-electron chi connectivity index (χ3n) is 2.81. The molecule has 0 aliphatic heterocycles. The molecule has 0 N–H and O–H groups in total. The van der Waals surface area contributed by atoms with Gasteiger partial charge in [0.1, 0.15) is 5.75 Å². The van der Waals surface area contributed by atoms with Crippen LogP contribution in [0.4, 0.5) is 0 Å². The Balaban J connectivity index is 2.23. The lowest BCUT2D eigenvalue weighted by Crippen LogP contribution is -2.10. The van der Waals surface area contributed by atoms with E-state index in [1.54, 1.807) is 36.4 Å². The summed E-state index contributed by atoms with van der Waals surface area (Å²) in [5.74, 6) is -0.101. The molecule has 0 bridgehead atoms. The van der Waals surface area contributed by atoms with Crippen molar-refractivity contribution >= 4 is 18.9 Å². The third-order valence-corrected chi connectivity index (χ3v) is 4.68. The van der Waals surface area contributed by atoms with E-state index in [0.29, 0.717) is 16.6 Å². The molecule has 6 heteroatoms. The Morgan fingerprint density at radius 3 is 2.10 bits per heavy atom. The van der Waals surface area contributed by atoms with E-state index in [9.17, 15) is 9.36 Å². The molecule has 1 atom stereocenters. The van der Waals surface area contributed by atoms with Gasteiger partial charge in [0, 0.05) is 7.11 Å². The number of ether oxygens (including phenoxy) is 1. The summed E-state index contributed by atoms with van der Waals surface area (Å²) in [4.78, 5) is 11.3. The molecule has 0 aliphatic rings. The standard InChI is InChI=1S/C15H15O5P/c1-18-15(16)12-8-10-13(11-9-12)20-21(17,19-2)14-6-4-3-5-7-14/h3-11H,1-2H3. The summed E-state index contributed by atoms with van der Waals surface area (Å²) < 4.78 is 27.9. The van der Waals surface area contributed by atoms with Crippen molar-refractivity contribution in [3.8, 4) is 5.75 Å². The summed E-state index contributed by atoms with van der Waals surface area (Å²) >= 11 is 0. The van der Waals surface area contributed by atoms with Crippen molar-refractivity contribution in [1.29, 1.82) is 0 Å². The van der Waals surface area contributed by atoms with Crippen molar-refractivity contribution in [1.82, 2.24) is 0 Å². The zero-order chi connectivity index (χ0) is 15.3. The molecule has 0 saturated carbocycles. The van der Waals surface area contributed by atoms with E-state index in [0.717, 1.165) is 0 Å². The lowest BCUT2D eigenvalue weighted by Gasteiger charge is -2.17. The van der Waals surface area contributed by atoms with E-state index in [4.69, 9.17) is 9.05 Å². The molecule has 2 aromatic rings. The molecule has 0 amide bonds. The van der Waals surface area contributed by atoms with Crippen molar-refractivity contribution in [2.24, 2.45) is 0 Å². The molecular weight excluding hydrogens is 291 g/mol. The fourth-order valence-corrected chi connectivity index (χ4v) is 3.04. The molecule has 5 nitrogen and oxygen atoms in total. The first-order valence-electron chi connectivity index (χ1n) is 6.18. The first-order valence-corrected chi connectivity index (χ1v) is 7.72. The highest BCUT2D eigenvalue weighted by Crippen LogP contribution is 2.46. The minimum absolute atomic E-state index is 0.344. The van der Waals surface area contributed by atoms with Crippen molar-refractivity contribution < 1.29 is 23.1 Å². The van der Waals surface area contributed by atoms with Gasteiger partial charge in [0.25, 0.3) is 0 Å². The summed E-state index contributed by atoms with van der Waals surface area (Å²) in [6.07, 6.45) is 0. The second-order valence-corrected chi connectivity index (χ2v) is 6.18. The van der Waals surface area contributed by atoms with Crippen LogP contribution in [0.3, 0.4) is 0 Å². The van der Waals surface area contributed by atoms with Crippen LogP contribution in [-0.2, 0) is 13.8 Å². The van der Waals surface area contributed by atoms with Gasteiger partial charge in [-0.3, -0.25) is 4.52 Å². The smallest absolute Gasteiger partial charge is 0.410 e. The largest absolute Gasteiger partial charge is 0.465 e. The number of methoxy groups -OCH3 is 1. The van der Waals surface area contributed by atoms with Gasteiger partial charge in [-0.15, -0.1) is 0 Å². The van der Waals surface area contributed by atoms with Crippen LogP contribution in [0.15, 0.2) is 54.6 Å². The third kappa shape index (κ3) is 3.51. The first-order chi connectivity index (χ1) is 10.1. The normalized spacial score (nSPS) is 13.2. The maximum Gasteiger partial charge on any atom is 0.410 e. The molecule has 1 unspecified atom stereocenters. The highest BCUT2D eigenvalue weighted by Gasteiger charge is 2.27. The first kappa shape index (κ1) is 15.3. The average Bonchev–Trinajstić information content (AvgIpc) is 2.55. The van der Waals surface area contributed by atoms with Crippen LogP contribution in [0, 0.1) is 0 Å². The molecular formula is C15H15O5P. The lowest BCUT2D eigenvalue weighted by atomic mass is 10.2. The molecule has 110 valence electrons. The summed E-state index contributed by atoms with van der Waals surface area (Å²) in [6, 6.07) is 14.8. The van der Waals surface area contributed by atoms with Gasteiger partial charge in [-0.2, -0.15) is 0 Å². The summed E-state index contributed by atoms with van der Waals surface area (Å²) in [6.45, 7) is 0. The lowest BCUT2D eigenvalue weighted by molar-refractivity contribution is 0.0600. The van der Waals surface area contributed by atoms with Gasteiger partial charge in [-0.25, -0.2) is 9.36 Å². The summed E-state index contributed by atoms with van der Waals surface area (Å²) in [7, 11) is -0.800. The van der Waals surface area contributed by atoms with Gasteiger partial charge in [0.15, 0.2) is 0 Å². The second kappa shape index (κ2) is 6.57. The van der Waals surface area contributed by atoms with Gasteiger partial charge < -0.3 is 9.26 Å². The van der Waals surface area contributed by atoms with E-state index < -0.39 is 13.6 Å². The van der Waals surface area contributed by atoms with E-state index >= 15 is 0 Å². The quantitative estimate of drug-likeness (QED) is 0.627. The molecule has 21 heavy (non-hydrogen) atoms. The Morgan fingerprint density at radius 1 is 0.952 bits per heavy atom. The van der Waals surface area contributed by atoms with Gasteiger partial charge in [-0.05, 0) is 36.4 Å². The number of carbonyl (C=O) groups excluding carboxylic acids is 1. The molecule has 0 aromatic heterocycles. The van der Waals surface area contributed by atoms with Gasteiger partial charge >= 0.3 is 13.6 Å². The molecule has 0 aliphatic carbocycles. The van der Waals surface area contributed by atoms with Crippen LogP contribution in [0.5, 0.6) is 5.75 Å². The Kier molecular flexibility index (Phi) is 4.78. The number of rotatable bonds is 5. The number of hydrogen-bond donors (Lipinski definition) is 0. The van der Waals surface area contributed by atoms with Crippen LogP contribution in [0.25, 0.3) is 0 Å². The summed E-state index contributed by atoms with van der Waals surface area (Å²) in [5, 5.41) is 0.463. The van der Waals surface area contributed by atoms with Crippen LogP contribution >= 0.6 is 7.60 Å². The number of esters is 1. The second-order valence-electron chi connectivity index (χ2n) is 4.12. The zero-order valence-electron chi connectivity index (χ0n) is 11.7.